The predicted octanol–water partition coefficient (Wildman–Crippen LogP) is 2.52. The van der Waals surface area contributed by atoms with Crippen molar-refractivity contribution in [2.24, 2.45) is 5.92 Å². The number of carbonyl (C=O) groups is 2. The lowest BCUT2D eigenvalue weighted by atomic mass is 9.95. The lowest BCUT2D eigenvalue weighted by Crippen LogP contribution is -2.43. The van der Waals surface area contributed by atoms with Crippen LogP contribution in [-0.2, 0) is 16.1 Å². The van der Waals surface area contributed by atoms with Crippen molar-refractivity contribution in [2.45, 2.75) is 19.4 Å². The van der Waals surface area contributed by atoms with Gasteiger partial charge in [-0.15, -0.1) is 0 Å². The van der Waals surface area contributed by atoms with Gasteiger partial charge in [0.2, 0.25) is 18.6 Å². The van der Waals surface area contributed by atoms with E-state index in [4.69, 9.17) is 9.47 Å². The van der Waals surface area contributed by atoms with Crippen LogP contribution in [0.5, 0.6) is 11.5 Å². The average molecular weight is 413 g/mol. The van der Waals surface area contributed by atoms with Crippen molar-refractivity contribution >= 4 is 17.5 Å². The first-order valence-corrected chi connectivity index (χ1v) is 10.0. The molecule has 0 radical (unpaired) electrons. The van der Waals surface area contributed by atoms with Crippen LogP contribution in [-0.4, -0.2) is 43.1 Å². The Bertz CT molecular complexity index is 911. The SMILES string of the molecule is O=C(CN1CCC(C(=O)Nc2ccc3c(c2)OCO3)CC1)NCc1ccc(F)cc1. The van der Waals surface area contributed by atoms with Gasteiger partial charge in [-0.3, -0.25) is 14.5 Å². The number of nitrogens with zero attached hydrogens (tertiary/aromatic N) is 1. The van der Waals surface area contributed by atoms with Crippen molar-refractivity contribution in [3.05, 3.63) is 53.8 Å². The summed E-state index contributed by atoms with van der Waals surface area (Å²) in [5, 5.41) is 5.79. The van der Waals surface area contributed by atoms with Gasteiger partial charge in [0.1, 0.15) is 5.82 Å². The molecule has 0 unspecified atom stereocenters. The molecule has 2 heterocycles. The summed E-state index contributed by atoms with van der Waals surface area (Å²) >= 11 is 0. The molecule has 2 aromatic rings. The third-order valence-corrected chi connectivity index (χ3v) is 5.37. The number of nitrogens with one attached hydrogen (secondary N) is 2. The molecule has 0 atom stereocenters. The van der Waals surface area contributed by atoms with Gasteiger partial charge in [-0.1, -0.05) is 12.1 Å². The third kappa shape index (κ3) is 5.07. The summed E-state index contributed by atoms with van der Waals surface area (Å²) in [5.41, 5.74) is 1.54. The molecule has 0 aromatic heterocycles. The van der Waals surface area contributed by atoms with Crippen molar-refractivity contribution in [1.29, 1.82) is 0 Å². The number of piperidine rings is 1. The lowest BCUT2D eigenvalue weighted by Gasteiger charge is -2.30. The van der Waals surface area contributed by atoms with E-state index in [1.165, 1.54) is 12.1 Å². The molecule has 8 heteroatoms. The summed E-state index contributed by atoms with van der Waals surface area (Å²) < 4.78 is 23.5. The van der Waals surface area contributed by atoms with Gasteiger partial charge in [-0.05, 0) is 55.8 Å². The quantitative estimate of drug-likeness (QED) is 0.761. The summed E-state index contributed by atoms with van der Waals surface area (Å²) in [7, 11) is 0. The maximum atomic E-state index is 12.9. The topological polar surface area (TPSA) is 79.9 Å². The van der Waals surface area contributed by atoms with Crippen molar-refractivity contribution in [1.82, 2.24) is 10.2 Å². The number of hydrogen-bond donors (Lipinski definition) is 2. The van der Waals surface area contributed by atoms with Crippen molar-refractivity contribution < 1.29 is 23.5 Å². The highest BCUT2D eigenvalue weighted by Crippen LogP contribution is 2.34. The summed E-state index contributed by atoms with van der Waals surface area (Å²) in [5.74, 6) is 0.828. The summed E-state index contributed by atoms with van der Waals surface area (Å²) in [6.45, 7) is 2.22. The van der Waals surface area contributed by atoms with Gasteiger partial charge in [0, 0.05) is 24.2 Å². The molecule has 1 fully saturated rings. The van der Waals surface area contributed by atoms with Crippen LogP contribution in [0, 0.1) is 11.7 Å². The van der Waals surface area contributed by atoms with Gasteiger partial charge in [-0.2, -0.15) is 0 Å². The number of ether oxygens (including phenoxy) is 2. The summed E-state index contributed by atoms with van der Waals surface area (Å²) in [6.07, 6.45) is 1.39. The van der Waals surface area contributed by atoms with Gasteiger partial charge < -0.3 is 20.1 Å². The fourth-order valence-electron chi connectivity index (χ4n) is 3.63. The molecular formula is C22H24FN3O4. The van der Waals surface area contributed by atoms with Crippen molar-refractivity contribution in [3.8, 4) is 11.5 Å². The maximum absolute atomic E-state index is 12.9. The average Bonchev–Trinajstić information content (AvgIpc) is 3.22. The van der Waals surface area contributed by atoms with E-state index in [-0.39, 0.29) is 36.9 Å². The fourth-order valence-corrected chi connectivity index (χ4v) is 3.63. The zero-order chi connectivity index (χ0) is 20.9. The van der Waals surface area contributed by atoms with Crippen LogP contribution in [0.25, 0.3) is 0 Å². The number of amides is 2. The number of rotatable bonds is 6. The number of halogens is 1. The van der Waals surface area contributed by atoms with E-state index in [1.54, 1.807) is 30.3 Å². The zero-order valence-electron chi connectivity index (χ0n) is 16.5. The number of benzene rings is 2. The predicted molar refractivity (Wildman–Crippen MR) is 109 cm³/mol. The molecule has 0 aliphatic carbocycles. The Morgan fingerprint density at radius 3 is 2.53 bits per heavy atom. The van der Waals surface area contributed by atoms with Gasteiger partial charge in [0.15, 0.2) is 11.5 Å². The number of likely N-dealkylation sites (tertiary alicyclic amines) is 1. The highest BCUT2D eigenvalue weighted by molar-refractivity contribution is 5.93. The Morgan fingerprint density at radius 2 is 1.77 bits per heavy atom. The van der Waals surface area contributed by atoms with E-state index >= 15 is 0 Å². The highest BCUT2D eigenvalue weighted by atomic mass is 19.1. The Balaban J connectivity index is 1.19. The molecule has 2 aliphatic rings. The second kappa shape index (κ2) is 9.13. The molecular weight excluding hydrogens is 389 g/mol. The maximum Gasteiger partial charge on any atom is 0.234 e. The first kappa shape index (κ1) is 20.2. The standard InChI is InChI=1S/C22H24FN3O4/c23-17-3-1-15(2-4-17)12-24-21(27)13-26-9-7-16(8-10-26)22(28)25-18-5-6-19-20(11-18)30-14-29-19/h1-6,11,16H,7-10,12-14H2,(H,24,27)(H,25,28). The highest BCUT2D eigenvalue weighted by Gasteiger charge is 2.26. The molecule has 1 saturated heterocycles. The van der Waals surface area contributed by atoms with Crippen LogP contribution in [0.15, 0.2) is 42.5 Å². The van der Waals surface area contributed by atoms with Crippen LogP contribution in [0.3, 0.4) is 0 Å². The van der Waals surface area contributed by atoms with Gasteiger partial charge in [0.25, 0.3) is 0 Å². The van der Waals surface area contributed by atoms with Crippen LogP contribution >= 0.6 is 0 Å². The van der Waals surface area contributed by atoms with E-state index in [9.17, 15) is 14.0 Å². The Labute approximate surface area is 174 Å². The molecule has 2 N–H and O–H groups in total. The first-order chi connectivity index (χ1) is 14.6. The minimum atomic E-state index is -0.296. The van der Waals surface area contributed by atoms with E-state index in [1.807, 2.05) is 4.90 Å². The molecule has 158 valence electrons. The molecule has 30 heavy (non-hydrogen) atoms. The van der Waals surface area contributed by atoms with Gasteiger partial charge >= 0.3 is 0 Å². The molecule has 0 saturated carbocycles. The minimum absolute atomic E-state index is 0.0192. The number of hydrogen-bond acceptors (Lipinski definition) is 5. The number of fused-ring (bicyclic) bond motifs is 1. The van der Waals surface area contributed by atoms with E-state index in [0.717, 1.165) is 5.56 Å². The monoisotopic (exact) mass is 413 g/mol. The molecule has 2 aliphatic heterocycles. The van der Waals surface area contributed by atoms with Crippen molar-refractivity contribution in [3.63, 3.8) is 0 Å². The zero-order valence-corrected chi connectivity index (χ0v) is 16.5. The second-order valence-corrected chi connectivity index (χ2v) is 7.51. The smallest absolute Gasteiger partial charge is 0.234 e. The van der Waals surface area contributed by atoms with E-state index in [0.29, 0.717) is 49.7 Å². The molecule has 7 nitrogen and oxygen atoms in total. The second-order valence-electron chi connectivity index (χ2n) is 7.51. The van der Waals surface area contributed by atoms with Crippen LogP contribution < -0.4 is 20.1 Å². The van der Waals surface area contributed by atoms with Crippen LogP contribution in [0.1, 0.15) is 18.4 Å². The Hall–Kier alpha value is -3.13. The third-order valence-electron chi connectivity index (χ3n) is 5.37. The summed E-state index contributed by atoms with van der Waals surface area (Å²) in [4.78, 5) is 26.8. The Morgan fingerprint density at radius 1 is 1.03 bits per heavy atom. The van der Waals surface area contributed by atoms with Gasteiger partial charge in [-0.25, -0.2) is 4.39 Å². The summed E-state index contributed by atoms with van der Waals surface area (Å²) in [6, 6.07) is 11.4. The van der Waals surface area contributed by atoms with Crippen molar-refractivity contribution in [2.75, 3.05) is 31.7 Å². The fraction of sp³-hybridized carbons (Fsp3) is 0.364. The minimum Gasteiger partial charge on any atom is -0.454 e. The van der Waals surface area contributed by atoms with Crippen LogP contribution in [0.2, 0.25) is 0 Å². The normalized spacial score (nSPS) is 16.3. The van der Waals surface area contributed by atoms with Gasteiger partial charge in [0.05, 0.1) is 6.54 Å². The first-order valence-electron chi connectivity index (χ1n) is 10.0. The molecule has 2 aromatic carbocycles. The van der Waals surface area contributed by atoms with E-state index in [2.05, 4.69) is 10.6 Å². The molecule has 0 bridgehead atoms. The van der Waals surface area contributed by atoms with E-state index < -0.39 is 0 Å². The number of anilines is 1. The molecule has 4 rings (SSSR count). The Kier molecular flexibility index (Phi) is 6.13. The molecule has 2 amide bonds. The lowest BCUT2D eigenvalue weighted by molar-refractivity contribution is -0.123. The molecule has 0 spiro atoms. The number of carbonyl (C=O) groups excluding carboxylic acids is 2. The largest absolute Gasteiger partial charge is 0.454 e. The van der Waals surface area contributed by atoms with Crippen LogP contribution in [0.4, 0.5) is 10.1 Å².